The van der Waals surface area contributed by atoms with Crippen LogP contribution in [0.15, 0.2) is 4.99 Å². The van der Waals surface area contributed by atoms with Crippen LogP contribution in [0.4, 0.5) is 0 Å². The predicted octanol–water partition coefficient (Wildman–Crippen LogP) is 2.48. The third-order valence-corrected chi connectivity index (χ3v) is 5.32. The number of rotatable bonds is 9. The van der Waals surface area contributed by atoms with E-state index in [1.54, 1.807) is 0 Å². The van der Waals surface area contributed by atoms with Crippen LogP contribution in [0.1, 0.15) is 46.0 Å². The van der Waals surface area contributed by atoms with Gasteiger partial charge in [0.05, 0.1) is 12.7 Å². The van der Waals surface area contributed by atoms with Gasteiger partial charge in [0.25, 0.3) is 0 Å². The first-order valence-corrected chi connectivity index (χ1v) is 10.1. The number of hydrogen-bond donors (Lipinski definition) is 2. The summed E-state index contributed by atoms with van der Waals surface area (Å²) in [4.78, 5) is 6.90. The maximum absolute atomic E-state index is 5.69. The fourth-order valence-corrected chi connectivity index (χ4v) is 3.44. The Bertz CT molecular complexity index is 384. The summed E-state index contributed by atoms with van der Waals surface area (Å²) >= 11 is 0. The molecule has 2 N–H and O–H groups in total. The number of hydrogen-bond acceptors (Lipinski definition) is 4. The van der Waals surface area contributed by atoms with Crippen molar-refractivity contribution in [3.8, 4) is 0 Å². The van der Waals surface area contributed by atoms with Gasteiger partial charge in [-0.1, -0.05) is 6.92 Å². The molecule has 0 aliphatic carbocycles. The normalized spacial score (nSPS) is 23.5. The van der Waals surface area contributed by atoms with Crippen LogP contribution in [0.3, 0.4) is 0 Å². The number of halogens is 1. The van der Waals surface area contributed by atoms with Gasteiger partial charge in [-0.3, -0.25) is 9.89 Å². The molecule has 2 aliphatic rings. The summed E-state index contributed by atoms with van der Waals surface area (Å²) in [7, 11) is 1.83. The quantitative estimate of drug-likeness (QED) is 0.229. The molecule has 0 spiro atoms. The second kappa shape index (κ2) is 14.0. The fraction of sp³-hybridized carbons (Fsp3) is 0.947. The molecule has 2 atom stereocenters. The number of guanidine groups is 1. The van der Waals surface area contributed by atoms with Crippen molar-refractivity contribution in [3.63, 3.8) is 0 Å². The van der Waals surface area contributed by atoms with Crippen molar-refractivity contribution in [1.82, 2.24) is 15.5 Å². The van der Waals surface area contributed by atoms with Crippen LogP contribution in [-0.2, 0) is 9.47 Å². The SMILES string of the molecule is CN=C(NCCCOCC1CCCO1)NCC(C)N1CCC(C)CC1.I. The number of likely N-dealkylation sites (tertiary alicyclic amines) is 1. The van der Waals surface area contributed by atoms with E-state index in [2.05, 4.69) is 34.4 Å². The minimum Gasteiger partial charge on any atom is -0.379 e. The maximum atomic E-state index is 5.69. The van der Waals surface area contributed by atoms with Crippen LogP contribution in [0.2, 0.25) is 0 Å². The summed E-state index contributed by atoms with van der Waals surface area (Å²) < 4.78 is 11.2. The van der Waals surface area contributed by atoms with Crippen LogP contribution in [0, 0.1) is 5.92 Å². The predicted molar refractivity (Wildman–Crippen MR) is 119 cm³/mol. The van der Waals surface area contributed by atoms with Crippen LogP contribution in [0.5, 0.6) is 0 Å². The summed E-state index contributed by atoms with van der Waals surface area (Å²) in [5.41, 5.74) is 0. The average Bonchev–Trinajstić information content (AvgIpc) is 3.14. The molecule has 2 fully saturated rings. The van der Waals surface area contributed by atoms with Crippen LogP contribution >= 0.6 is 24.0 Å². The molecule has 154 valence electrons. The van der Waals surface area contributed by atoms with Crippen LogP contribution in [0.25, 0.3) is 0 Å². The second-order valence-corrected chi connectivity index (χ2v) is 7.51. The molecule has 0 bridgehead atoms. The third kappa shape index (κ3) is 9.19. The Balaban J connectivity index is 0.00000338. The van der Waals surface area contributed by atoms with Gasteiger partial charge in [0.2, 0.25) is 0 Å². The number of nitrogens with zero attached hydrogens (tertiary/aromatic N) is 2. The molecule has 2 unspecified atom stereocenters. The zero-order valence-corrected chi connectivity index (χ0v) is 19.2. The summed E-state index contributed by atoms with van der Waals surface area (Å²) in [6.45, 7) is 11.3. The second-order valence-electron chi connectivity index (χ2n) is 7.51. The van der Waals surface area contributed by atoms with E-state index < -0.39 is 0 Å². The zero-order chi connectivity index (χ0) is 17.9. The Morgan fingerprint density at radius 2 is 2.04 bits per heavy atom. The maximum Gasteiger partial charge on any atom is 0.191 e. The number of ether oxygens (including phenoxy) is 2. The van der Waals surface area contributed by atoms with Gasteiger partial charge in [0, 0.05) is 39.4 Å². The van der Waals surface area contributed by atoms with Gasteiger partial charge in [0.15, 0.2) is 5.96 Å². The number of piperidine rings is 1. The van der Waals surface area contributed by atoms with E-state index in [0.29, 0.717) is 12.1 Å². The van der Waals surface area contributed by atoms with Crippen molar-refractivity contribution in [2.24, 2.45) is 10.9 Å². The molecule has 2 saturated heterocycles. The average molecular weight is 482 g/mol. The Morgan fingerprint density at radius 1 is 1.27 bits per heavy atom. The first-order chi connectivity index (χ1) is 12.2. The highest BCUT2D eigenvalue weighted by Crippen LogP contribution is 2.17. The molecule has 2 aliphatic heterocycles. The van der Waals surface area contributed by atoms with E-state index >= 15 is 0 Å². The van der Waals surface area contributed by atoms with Crippen molar-refractivity contribution in [3.05, 3.63) is 0 Å². The molecule has 0 saturated carbocycles. The molecular formula is C19H39IN4O2. The molecule has 0 amide bonds. The largest absolute Gasteiger partial charge is 0.379 e. The van der Waals surface area contributed by atoms with Crippen LogP contribution in [-0.4, -0.2) is 76.1 Å². The summed E-state index contributed by atoms with van der Waals surface area (Å²) in [5.74, 6) is 1.77. The van der Waals surface area contributed by atoms with Crippen molar-refractivity contribution >= 4 is 29.9 Å². The number of nitrogens with one attached hydrogen (secondary N) is 2. The first kappa shape index (κ1) is 23.9. The van der Waals surface area contributed by atoms with Gasteiger partial charge in [-0.2, -0.15) is 0 Å². The van der Waals surface area contributed by atoms with E-state index in [9.17, 15) is 0 Å². The Kier molecular flexibility index (Phi) is 12.8. The molecule has 2 rings (SSSR count). The minimum atomic E-state index is 0. The van der Waals surface area contributed by atoms with E-state index in [1.807, 2.05) is 7.05 Å². The molecule has 6 nitrogen and oxygen atoms in total. The monoisotopic (exact) mass is 482 g/mol. The van der Waals surface area contributed by atoms with Gasteiger partial charge in [-0.25, -0.2) is 0 Å². The molecule has 7 heteroatoms. The minimum absolute atomic E-state index is 0. The zero-order valence-electron chi connectivity index (χ0n) is 16.8. The highest BCUT2D eigenvalue weighted by atomic mass is 127. The Labute approximate surface area is 176 Å². The molecule has 0 aromatic rings. The van der Waals surface area contributed by atoms with E-state index in [-0.39, 0.29) is 24.0 Å². The lowest BCUT2D eigenvalue weighted by atomic mass is 9.98. The highest BCUT2D eigenvalue weighted by Gasteiger charge is 2.20. The van der Waals surface area contributed by atoms with E-state index in [0.717, 1.165) is 57.6 Å². The molecule has 0 radical (unpaired) electrons. The highest BCUT2D eigenvalue weighted by molar-refractivity contribution is 14.0. The molecular weight excluding hydrogens is 443 g/mol. The smallest absolute Gasteiger partial charge is 0.191 e. The van der Waals surface area contributed by atoms with Gasteiger partial charge in [0.1, 0.15) is 0 Å². The summed E-state index contributed by atoms with van der Waals surface area (Å²) in [6, 6.07) is 0.542. The number of aliphatic imine (C=N–C) groups is 1. The van der Waals surface area contributed by atoms with Gasteiger partial charge < -0.3 is 20.1 Å². The Hall–Kier alpha value is -0.120. The van der Waals surface area contributed by atoms with Crippen molar-refractivity contribution < 1.29 is 9.47 Å². The standard InChI is InChI=1S/C19H38N4O2.HI/c1-16-7-10-23(11-8-16)17(2)14-22-19(20-3)21-9-5-12-24-15-18-6-4-13-25-18;/h16-18H,4-15H2,1-3H3,(H2,20,21,22);1H. The van der Waals surface area contributed by atoms with E-state index in [1.165, 1.54) is 32.4 Å². The van der Waals surface area contributed by atoms with E-state index in [4.69, 9.17) is 9.47 Å². The molecule has 0 aromatic carbocycles. The third-order valence-electron chi connectivity index (χ3n) is 5.32. The van der Waals surface area contributed by atoms with Crippen molar-refractivity contribution in [2.45, 2.75) is 58.1 Å². The van der Waals surface area contributed by atoms with Gasteiger partial charge >= 0.3 is 0 Å². The van der Waals surface area contributed by atoms with Crippen LogP contribution < -0.4 is 10.6 Å². The van der Waals surface area contributed by atoms with Gasteiger partial charge in [-0.15, -0.1) is 24.0 Å². The fourth-order valence-electron chi connectivity index (χ4n) is 3.44. The molecule has 2 heterocycles. The molecule has 0 aromatic heterocycles. The van der Waals surface area contributed by atoms with Crippen molar-refractivity contribution in [2.75, 3.05) is 53.0 Å². The lowest BCUT2D eigenvalue weighted by molar-refractivity contribution is 0.0168. The first-order valence-electron chi connectivity index (χ1n) is 10.1. The topological polar surface area (TPSA) is 58.1 Å². The summed E-state index contributed by atoms with van der Waals surface area (Å²) in [5, 5.41) is 6.82. The van der Waals surface area contributed by atoms with Gasteiger partial charge in [-0.05, 0) is 58.0 Å². The Morgan fingerprint density at radius 3 is 2.69 bits per heavy atom. The lowest BCUT2D eigenvalue weighted by Gasteiger charge is -2.35. The lowest BCUT2D eigenvalue weighted by Crippen LogP contribution is -2.48. The van der Waals surface area contributed by atoms with Crippen molar-refractivity contribution in [1.29, 1.82) is 0 Å². The summed E-state index contributed by atoms with van der Waals surface area (Å²) in [6.07, 6.45) is 6.26. The molecule has 26 heavy (non-hydrogen) atoms.